The van der Waals surface area contributed by atoms with Crippen LogP contribution in [-0.4, -0.2) is 45.9 Å². The Hall–Kier alpha value is -0.660. The highest BCUT2D eigenvalue weighted by Gasteiger charge is 2.28. The van der Waals surface area contributed by atoms with E-state index in [1.807, 2.05) is 0 Å². The van der Waals surface area contributed by atoms with Crippen molar-refractivity contribution in [1.29, 1.82) is 0 Å². The summed E-state index contributed by atoms with van der Waals surface area (Å²) in [5.41, 5.74) is 0. The van der Waals surface area contributed by atoms with Crippen LogP contribution in [0.15, 0.2) is 0 Å². The molecule has 0 saturated heterocycles. The average molecular weight is 264 g/mol. The first-order chi connectivity index (χ1) is 7.97. The molecule has 1 fully saturated rings. The molecule has 1 aliphatic rings. The number of ether oxygens (including phenoxy) is 1. The zero-order valence-corrected chi connectivity index (χ0v) is 11.0. The van der Waals surface area contributed by atoms with Gasteiger partial charge in [0.2, 0.25) is 10.0 Å². The van der Waals surface area contributed by atoms with Gasteiger partial charge >= 0.3 is 5.97 Å². The van der Waals surface area contributed by atoms with Gasteiger partial charge in [0.15, 0.2) is 5.25 Å². The van der Waals surface area contributed by atoms with Crippen LogP contribution in [0.5, 0.6) is 0 Å². The van der Waals surface area contributed by atoms with E-state index in [1.165, 1.54) is 26.9 Å². The van der Waals surface area contributed by atoms with Crippen molar-refractivity contribution in [3.8, 4) is 0 Å². The van der Waals surface area contributed by atoms with Gasteiger partial charge in [-0.15, -0.1) is 0 Å². The van der Waals surface area contributed by atoms with Crippen LogP contribution in [0.2, 0.25) is 0 Å². The molecule has 1 unspecified atom stereocenters. The topological polar surface area (TPSA) is 84.5 Å². The van der Waals surface area contributed by atoms with Gasteiger partial charge in [-0.1, -0.05) is 0 Å². The van der Waals surface area contributed by atoms with Crippen molar-refractivity contribution in [1.82, 2.24) is 10.0 Å². The minimum atomic E-state index is -3.61. The maximum absolute atomic E-state index is 11.6. The molecular formula is C10H20N2O4S. The molecule has 2 N–H and O–H groups in total. The molecule has 0 heterocycles. The van der Waals surface area contributed by atoms with Gasteiger partial charge in [-0.3, -0.25) is 4.79 Å². The molecule has 0 radical (unpaired) electrons. The van der Waals surface area contributed by atoms with Crippen LogP contribution in [0.25, 0.3) is 0 Å². The van der Waals surface area contributed by atoms with Crippen LogP contribution in [0.4, 0.5) is 0 Å². The summed E-state index contributed by atoms with van der Waals surface area (Å²) in [6.07, 6.45) is 3.14. The lowest BCUT2D eigenvalue weighted by atomic mass is 10.4. The Morgan fingerprint density at radius 3 is 2.59 bits per heavy atom. The number of carbonyl (C=O) groups is 1. The number of rotatable bonds is 8. The van der Waals surface area contributed by atoms with Crippen molar-refractivity contribution >= 4 is 16.0 Å². The van der Waals surface area contributed by atoms with Gasteiger partial charge in [0.05, 0.1) is 7.11 Å². The molecule has 1 aliphatic carbocycles. The first-order valence-corrected chi connectivity index (χ1v) is 7.31. The van der Waals surface area contributed by atoms with E-state index in [0.717, 1.165) is 6.54 Å². The van der Waals surface area contributed by atoms with Crippen molar-refractivity contribution < 1.29 is 17.9 Å². The maximum atomic E-state index is 11.6. The lowest BCUT2D eigenvalue weighted by Gasteiger charge is -2.11. The Kier molecular flexibility index (Phi) is 5.35. The zero-order chi connectivity index (χ0) is 12.9. The molecule has 1 atom stereocenters. The fraction of sp³-hybridized carbons (Fsp3) is 0.900. The van der Waals surface area contributed by atoms with Crippen molar-refractivity contribution in [2.24, 2.45) is 0 Å². The van der Waals surface area contributed by atoms with E-state index < -0.39 is 21.2 Å². The van der Waals surface area contributed by atoms with Gasteiger partial charge < -0.3 is 10.1 Å². The fourth-order valence-electron chi connectivity index (χ4n) is 1.31. The molecule has 100 valence electrons. The predicted octanol–water partition coefficient (Wildman–Crippen LogP) is -0.391. The summed E-state index contributed by atoms with van der Waals surface area (Å²) in [5.74, 6) is -0.742. The molecule has 0 aromatic rings. The van der Waals surface area contributed by atoms with Gasteiger partial charge in [-0.25, -0.2) is 13.1 Å². The van der Waals surface area contributed by atoms with Gasteiger partial charge in [0, 0.05) is 12.6 Å². The third-order valence-electron chi connectivity index (χ3n) is 2.67. The average Bonchev–Trinajstić information content (AvgIpc) is 3.10. The third-order valence-corrected chi connectivity index (χ3v) is 4.40. The molecule has 0 aliphatic heterocycles. The van der Waals surface area contributed by atoms with Crippen molar-refractivity contribution in [2.75, 3.05) is 20.2 Å². The van der Waals surface area contributed by atoms with Crippen LogP contribution in [0.3, 0.4) is 0 Å². The van der Waals surface area contributed by atoms with E-state index in [1.54, 1.807) is 0 Å². The standard InChI is InChI=1S/C10H20N2O4S/c1-8(10(13)16-2)17(14,15)12-7-3-6-11-9-4-5-9/h8-9,11-12H,3-7H2,1-2H3. The summed E-state index contributed by atoms with van der Waals surface area (Å²) >= 11 is 0. The Balaban J connectivity index is 2.20. The molecule has 1 rings (SSSR count). The first-order valence-electron chi connectivity index (χ1n) is 5.77. The smallest absolute Gasteiger partial charge is 0.325 e. The lowest BCUT2D eigenvalue weighted by Crippen LogP contribution is -2.39. The second-order valence-electron chi connectivity index (χ2n) is 4.19. The van der Waals surface area contributed by atoms with Crippen LogP contribution in [0.1, 0.15) is 26.2 Å². The van der Waals surface area contributed by atoms with E-state index in [4.69, 9.17) is 0 Å². The molecule has 6 nitrogen and oxygen atoms in total. The number of nitrogens with one attached hydrogen (secondary N) is 2. The highest BCUT2D eigenvalue weighted by atomic mass is 32.2. The maximum Gasteiger partial charge on any atom is 0.325 e. The van der Waals surface area contributed by atoms with Crippen molar-refractivity contribution in [2.45, 2.75) is 37.5 Å². The minimum Gasteiger partial charge on any atom is -0.468 e. The summed E-state index contributed by atoms with van der Waals surface area (Å²) in [5, 5.41) is 2.12. The summed E-state index contributed by atoms with van der Waals surface area (Å²) in [6.45, 7) is 2.44. The second kappa shape index (κ2) is 6.32. The van der Waals surface area contributed by atoms with Crippen LogP contribution < -0.4 is 10.0 Å². The summed E-state index contributed by atoms with van der Waals surface area (Å²) in [7, 11) is -2.43. The van der Waals surface area contributed by atoms with Gasteiger partial charge in [-0.2, -0.15) is 0 Å². The number of sulfonamides is 1. The summed E-state index contributed by atoms with van der Waals surface area (Å²) < 4.78 is 30.0. The molecule has 0 spiro atoms. The van der Waals surface area contributed by atoms with Gasteiger partial charge in [0.25, 0.3) is 0 Å². The van der Waals surface area contributed by atoms with Crippen LogP contribution in [-0.2, 0) is 19.6 Å². The van der Waals surface area contributed by atoms with E-state index in [2.05, 4.69) is 14.8 Å². The molecule has 17 heavy (non-hydrogen) atoms. The van der Waals surface area contributed by atoms with Gasteiger partial charge in [0.1, 0.15) is 0 Å². The molecule has 0 bridgehead atoms. The Labute approximate surface area is 102 Å². The zero-order valence-electron chi connectivity index (χ0n) is 10.2. The Morgan fingerprint density at radius 2 is 2.06 bits per heavy atom. The van der Waals surface area contributed by atoms with Crippen molar-refractivity contribution in [3.05, 3.63) is 0 Å². The van der Waals surface area contributed by atoms with E-state index >= 15 is 0 Å². The molecule has 1 saturated carbocycles. The fourth-order valence-corrected chi connectivity index (χ4v) is 2.34. The number of methoxy groups -OCH3 is 1. The molecule has 0 aromatic carbocycles. The van der Waals surface area contributed by atoms with E-state index in [-0.39, 0.29) is 0 Å². The highest BCUT2D eigenvalue weighted by Crippen LogP contribution is 2.18. The minimum absolute atomic E-state index is 0.337. The normalized spacial score (nSPS) is 17.8. The third kappa shape index (κ3) is 5.01. The molecular weight excluding hydrogens is 244 g/mol. The first kappa shape index (κ1) is 14.4. The number of esters is 1. The molecule has 0 amide bonds. The van der Waals surface area contributed by atoms with E-state index in [0.29, 0.717) is 19.0 Å². The lowest BCUT2D eigenvalue weighted by molar-refractivity contribution is -0.139. The van der Waals surface area contributed by atoms with Crippen LogP contribution >= 0.6 is 0 Å². The second-order valence-corrected chi connectivity index (χ2v) is 6.27. The van der Waals surface area contributed by atoms with Crippen molar-refractivity contribution in [3.63, 3.8) is 0 Å². The number of hydrogen-bond donors (Lipinski definition) is 2. The van der Waals surface area contributed by atoms with Gasteiger partial charge in [-0.05, 0) is 32.7 Å². The largest absolute Gasteiger partial charge is 0.468 e. The quantitative estimate of drug-likeness (QED) is 0.461. The summed E-state index contributed by atoms with van der Waals surface area (Å²) in [4.78, 5) is 11.1. The Morgan fingerprint density at radius 1 is 1.41 bits per heavy atom. The SMILES string of the molecule is COC(=O)C(C)S(=O)(=O)NCCCNC1CC1. The highest BCUT2D eigenvalue weighted by molar-refractivity contribution is 7.90. The Bertz CT molecular complexity index is 351. The van der Waals surface area contributed by atoms with E-state index in [9.17, 15) is 13.2 Å². The predicted molar refractivity (Wildman–Crippen MR) is 64.0 cm³/mol. The number of hydrogen-bond acceptors (Lipinski definition) is 5. The molecule has 0 aromatic heterocycles. The summed E-state index contributed by atoms with van der Waals surface area (Å²) in [6, 6.07) is 0.626. The number of carbonyl (C=O) groups excluding carboxylic acids is 1. The monoisotopic (exact) mass is 264 g/mol. The molecule has 7 heteroatoms. The van der Waals surface area contributed by atoms with Crippen LogP contribution in [0, 0.1) is 0 Å².